The average Bonchev–Trinajstić information content (AvgIpc) is 3.01. The van der Waals surface area contributed by atoms with Crippen LogP contribution in [0.15, 0.2) is 18.2 Å². The number of hydrogen-bond donors (Lipinski definition) is 2. The molecule has 0 aliphatic heterocycles. The Bertz CT molecular complexity index is 372. The van der Waals surface area contributed by atoms with Gasteiger partial charge in [0.05, 0.1) is 0 Å². The van der Waals surface area contributed by atoms with Crippen LogP contribution < -0.4 is 10.6 Å². The van der Waals surface area contributed by atoms with Crippen LogP contribution in [0.25, 0.3) is 0 Å². The first-order chi connectivity index (χ1) is 7.65. The van der Waals surface area contributed by atoms with Crippen molar-refractivity contribution in [1.82, 2.24) is 5.32 Å². The van der Waals surface area contributed by atoms with Gasteiger partial charge in [0.25, 0.3) is 0 Å². The Hall–Kier alpha value is -0.730. The number of anilines is 1. The van der Waals surface area contributed by atoms with E-state index in [1.807, 2.05) is 19.2 Å². The van der Waals surface area contributed by atoms with Gasteiger partial charge in [0.2, 0.25) is 0 Å². The maximum atomic E-state index is 5.99. The Morgan fingerprint density at radius 3 is 2.69 bits per heavy atom. The Morgan fingerprint density at radius 1 is 1.31 bits per heavy atom. The summed E-state index contributed by atoms with van der Waals surface area (Å²) < 4.78 is 0. The van der Waals surface area contributed by atoms with Gasteiger partial charge in [0.15, 0.2) is 0 Å². The van der Waals surface area contributed by atoms with Crippen molar-refractivity contribution in [2.75, 3.05) is 25.5 Å². The minimum absolute atomic E-state index is 0.476. The van der Waals surface area contributed by atoms with Crippen molar-refractivity contribution in [3.63, 3.8) is 0 Å². The molecule has 16 heavy (non-hydrogen) atoms. The normalized spacial score (nSPS) is 17.2. The lowest BCUT2D eigenvalue weighted by Gasteiger charge is -2.17. The zero-order chi connectivity index (χ0) is 11.6. The molecule has 0 unspecified atom stereocenters. The fourth-order valence-electron chi connectivity index (χ4n) is 2.04. The van der Waals surface area contributed by atoms with Crippen molar-refractivity contribution in [2.45, 2.75) is 19.8 Å². The number of benzene rings is 1. The Balaban J connectivity index is 1.97. The summed E-state index contributed by atoms with van der Waals surface area (Å²) in [5.74, 6) is 0. The van der Waals surface area contributed by atoms with Gasteiger partial charge in [-0.05, 0) is 44.5 Å². The SMILES string of the molecule is CNCC1(CNc2cc(Cl)ccc2C)CC1. The summed E-state index contributed by atoms with van der Waals surface area (Å²) >= 11 is 5.99. The van der Waals surface area contributed by atoms with E-state index in [1.165, 1.54) is 18.4 Å². The van der Waals surface area contributed by atoms with Crippen LogP contribution in [0.4, 0.5) is 5.69 Å². The predicted molar refractivity (Wildman–Crippen MR) is 70.3 cm³/mol. The van der Waals surface area contributed by atoms with Gasteiger partial charge in [-0.3, -0.25) is 0 Å². The lowest BCUT2D eigenvalue weighted by atomic mass is 10.1. The van der Waals surface area contributed by atoms with Gasteiger partial charge < -0.3 is 10.6 Å². The van der Waals surface area contributed by atoms with E-state index in [0.29, 0.717) is 5.41 Å². The molecule has 0 heterocycles. The molecule has 88 valence electrons. The fourth-order valence-corrected chi connectivity index (χ4v) is 2.21. The molecule has 1 aliphatic rings. The summed E-state index contributed by atoms with van der Waals surface area (Å²) in [5, 5.41) is 7.58. The van der Waals surface area contributed by atoms with E-state index in [9.17, 15) is 0 Å². The number of halogens is 1. The lowest BCUT2D eigenvalue weighted by Crippen LogP contribution is -2.27. The molecule has 1 saturated carbocycles. The highest BCUT2D eigenvalue weighted by Gasteiger charge is 2.41. The lowest BCUT2D eigenvalue weighted by molar-refractivity contribution is 0.507. The first-order valence-corrected chi connectivity index (χ1v) is 6.18. The minimum Gasteiger partial charge on any atom is -0.384 e. The first kappa shape index (κ1) is 11.7. The second-order valence-electron chi connectivity index (χ2n) is 4.84. The summed E-state index contributed by atoms with van der Waals surface area (Å²) in [6, 6.07) is 6.00. The van der Waals surface area contributed by atoms with Crippen LogP contribution in [-0.4, -0.2) is 20.1 Å². The number of rotatable bonds is 5. The quantitative estimate of drug-likeness (QED) is 0.824. The van der Waals surface area contributed by atoms with Gasteiger partial charge in [0, 0.05) is 29.2 Å². The summed E-state index contributed by atoms with van der Waals surface area (Å²) in [6.45, 7) is 4.24. The molecule has 2 rings (SSSR count). The van der Waals surface area contributed by atoms with Gasteiger partial charge >= 0.3 is 0 Å². The summed E-state index contributed by atoms with van der Waals surface area (Å²) in [7, 11) is 2.02. The highest BCUT2D eigenvalue weighted by atomic mass is 35.5. The Morgan fingerprint density at radius 2 is 2.06 bits per heavy atom. The molecular formula is C13H19ClN2. The third-order valence-electron chi connectivity index (χ3n) is 3.36. The van der Waals surface area contributed by atoms with Crippen LogP contribution in [0.5, 0.6) is 0 Å². The largest absolute Gasteiger partial charge is 0.384 e. The Labute approximate surface area is 102 Å². The monoisotopic (exact) mass is 238 g/mol. The molecule has 0 atom stereocenters. The standard InChI is InChI=1S/C13H19ClN2/c1-10-3-4-11(14)7-12(10)16-9-13(5-6-13)8-15-2/h3-4,7,15-16H,5-6,8-9H2,1-2H3. The molecule has 2 nitrogen and oxygen atoms in total. The molecule has 1 aliphatic carbocycles. The van der Waals surface area contributed by atoms with Crippen molar-refractivity contribution in [1.29, 1.82) is 0 Å². The highest BCUT2D eigenvalue weighted by Crippen LogP contribution is 2.45. The van der Waals surface area contributed by atoms with E-state index in [4.69, 9.17) is 11.6 Å². The van der Waals surface area contributed by atoms with Crippen LogP contribution in [0, 0.1) is 12.3 Å². The molecule has 1 fully saturated rings. The fraction of sp³-hybridized carbons (Fsp3) is 0.538. The molecule has 3 heteroatoms. The van der Waals surface area contributed by atoms with E-state index in [0.717, 1.165) is 23.8 Å². The first-order valence-electron chi connectivity index (χ1n) is 5.80. The van der Waals surface area contributed by atoms with Crippen molar-refractivity contribution in [3.8, 4) is 0 Å². The van der Waals surface area contributed by atoms with E-state index < -0.39 is 0 Å². The van der Waals surface area contributed by atoms with Crippen molar-refractivity contribution >= 4 is 17.3 Å². The molecule has 1 aromatic rings. The minimum atomic E-state index is 0.476. The van der Waals surface area contributed by atoms with Crippen molar-refractivity contribution < 1.29 is 0 Å². The maximum absolute atomic E-state index is 5.99. The van der Waals surface area contributed by atoms with Crippen LogP contribution >= 0.6 is 11.6 Å². The van der Waals surface area contributed by atoms with Crippen molar-refractivity contribution in [3.05, 3.63) is 28.8 Å². The van der Waals surface area contributed by atoms with E-state index in [-0.39, 0.29) is 0 Å². The molecule has 0 spiro atoms. The van der Waals surface area contributed by atoms with Crippen LogP contribution in [-0.2, 0) is 0 Å². The second-order valence-corrected chi connectivity index (χ2v) is 5.28. The summed E-state index contributed by atoms with van der Waals surface area (Å²) in [4.78, 5) is 0. The van der Waals surface area contributed by atoms with Crippen molar-refractivity contribution in [2.24, 2.45) is 5.41 Å². The zero-order valence-corrected chi connectivity index (χ0v) is 10.7. The van der Waals surface area contributed by atoms with Crippen LogP contribution in [0.3, 0.4) is 0 Å². The van der Waals surface area contributed by atoms with E-state index >= 15 is 0 Å². The summed E-state index contributed by atoms with van der Waals surface area (Å²) in [6.07, 6.45) is 2.64. The topological polar surface area (TPSA) is 24.1 Å². The molecule has 0 radical (unpaired) electrons. The van der Waals surface area contributed by atoms with Crippen LogP contribution in [0.2, 0.25) is 5.02 Å². The number of hydrogen-bond acceptors (Lipinski definition) is 2. The van der Waals surface area contributed by atoms with Gasteiger partial charge in [-0.25, -0.2) is 0 Å². The number of nitrogens with one attached hydrogen (secondary N) is 2. The van der Waals surface area contributed by atoms with E-state index in [1.54, 1.807) is 0 Å². The third kappa shape index (κ3) is 2.69. The van der Waals surface area contributed by atoms with Crippen LogP contribution in [0.1, 0.15) is 18.4 Å². The van der Waals surface area contributed by atoms with Gasteiger partial charge in [-0.15, -0.1) is 0 Å². The zero-order valence-electron chi connectivity index (χ0n) is 9.94. The van der Waals surface area contributed by atoms with Gasteiger partial charge in [-0.2, -0.15) is 0 Å². The molecule has 0 bridgehead atoms. The van der Waals surface area contributed by atoms with Gasteiger partial charge in [-0.1, -0.05) is 17.7 Å². The molecule has 0 amide bonds. The maximum Gasteiger partial charge on any atom is 0.0426 e. The Kier molecular flexibility index (Phi) is 3.41. The molecule has 2 N–H and O–H groups in total. The molecule has 1 aromatic carbocycles. The summed E-state index contributed by atoms with van der Waals surface area (Å²) in [5.41, 5.74) is 2.89. The predicted octanol–water partition coefficient (Wildman–Crippen LogP) is 3.06. The molecular weight excluding hydrogens is 220 g/mol. The smallest absolute Gasteiger partial charge is 0.0426 e. The van der Waals surface area contributed by atoms with E-state index in [2.05, 4.69) is 23.6 Å². The van der Waals surface area contributed by atoms with Gasteiger partial charge in [0.1, 0.15) is 0 Å². The molecule has 0 saturated heterocycles. The average molecular weight is 239 g/mol. The highest BCUT2D eigenvalue weighted by molar-refractivity contribution is 6.30. The third-order valence-corrected chi connectivity index (χ3v) is 3.60. The number of aryl methyl sites for hydroxylation is 1. The second kappa shape index (κ2) is 4.64. The molecule has 0 aromatic heterocycles.